The maximum atomic E-state index is 11.7. The molecule has 0 N–H and O–H groups in total. The topological polar surface area (TPSA) is 26.3 Å². The second kappa shape index (κ2) is 5.59. The molecule has 1 rings (SSSR count). The molecule has 0 aliphatic heterocycles. The van der Waals surface area contributed by atoms with Crippen LogP contribution in [0.4, 0.5) is 0 Å². The molecular formula is C12H13BrCl2O2. The minimum atomic E-state index is -0.505. The van der Waals surface area contributed by atoms with Crippen LogP contribution in [0.3, 0.4) is 0 Å². The quantitative estimate of drug-likeness (QED) is 0.579. The van der Waals surface area contributed by atoms with E-state index in [0.717, 1.165) is 4.47 Å². The Balaban J connectivity index is 2.89. The standard InChI is InChI=1S/C12H13BrCl2O2/c1-12(2,3)17-10(16)6-7-8(13)4-5-9(14)11(7)15/h4-5H,6H2,1-3H3. The molecule has 17 heavy (non-hydrogen) atoms. The van der Waals surface area contributed by atoms with Crippen LogP contribution in [0.1, 0.15) is 26.3 Å². The van der Waals surface area contributed by atoms with Crippen molar-refractivity contribution in [3.63, 3.8) is 0 Å². The summed E-state index contributed by atoms with van der Waals surface area (Å²) >= 11 is 15.3. The molecule has 0 amide bonds. The van der Waals surface area contributed by atoms with Crippen molar-refractivity contribution >= 4 is 45.1 Å². The summed E-state index contributed by atoms with van der Waals surface area (Å²) in [4.78, 5) is 11.7. The second-order valence-corrected chi connectivity index (χ2v) is 6.22. The molecule has 0 saturated carbocycles. The van der Waals surface area contributed by atoms with E-state index < -0.39 is 5.60 Å². The minimum Gasteiger partial charge on any atom is -0.460 e. The van der Waals surface area contributed by atoms with E-state index in [1.165, 1.54) is 0 Å². The average molecular weight is 340 g/mol. The van der Waals surface area contributed by atoms with E-state index in [4.69, 9.17) is 27.9 Å². The Morgan fingerprint density at radius 1 is 1.35 bits per heavy atom. The van der Waals surface area contributed by atoms with Crippen LogP contribution < -0.4 is 0 Å². The van der Waals surface area contributed by atoms with Crippen LogP contribution in [-0.2, 0) is 16.0 Å². The highest BCUT2D eigenvalue weighted by atomic mass is 79.9. The van der Waals surface area contributed by atoms with Gasteiger partial charge in [0.2, 0.25) is 0 Å². The average Bonchev–Trinajstić information content (AvgIpc) is 2.16. The van der Waals surface area contributed by atoms with Gasteiger partial charge in [0, 0.05) is 4.47 Å². The van der Waals surface area contributed by atoms with Crippen molar-refractivity contribution in [1.29, 1.82) is 0 Å². The monoisotopic (exact) mass is 338 g/mol. The third-order valence-electron chi connectivity index (χ3n) is 1.88. The Morgan fingerprint density at radius 3 is 2.47 bits per heavy atom. The van der Waals surface area contributed by atoms with Crippen LogP contribution in [0, 0.1) is 0 Å². The van der Waals surface area contributed by atoms with Crippen molar-refractivity contribution in [3.05, 3.63) is 32.2 Å². The van der Waals surface area contributed by atoms with Crippen molar-refractivity contribution in [2.45, 2.75) is 32.8 Å². The number of rotatable bonds is 2. The normalized spacial score (nSPS) is 11.4. The lowest BCUT2D eigenvalue weighted by Gasteiger charge is -2.20. The predicted octanol–water partition coefficient (Wildman–Crippen LogP) is 4.64. The first-order valence-corrected chi connectivity index (χ1v) is 6.60. The number of benzene rings is 1. The summed E-state index contributed by atoms with van der Waals surface area (Å²) in [6, 6.07) is 3.43. The number of hydrogen-bond donors (Lipinski definition) is 0. The summed E-state index contributed by atoms with van der Waals surface area (Å²) in [7, 11) is 0. The molecule has 0 spiro atoms. The van der Waals surface area contributed by atoms with Gasteiger partial charge < -0.3 is 4.74 Å². The maximum absolute atomic E-state index is 11.7. The Labute approximate surface area is 119 Å². The van der Waals surface area contributed by atoms with Crippen LogP contribution in [-0.4, -0.2) is 11.6 Å². The highest BCUT2D eigenvalue weighted by Crippen LogP contribution is 2.32. The molecule has 0 aliphatic carbocycles. The number of hydrogen-bond acceptors (Lipinski definition) is 2. The number of carbonyl (C=O) groups excluding carboxylic acids is 1. The minimum absolute atomic E-state index is 0.0945. The molecule has 0 atom stereocenters. The number of halogens is 3. The molecule has 1 aromatic rings. The molecule has 94 valence electrons. The van der Waals surface area contributed by atoms with Gasteiger partial charge in [-0.1, -0.05) is 39.1 Å². The summed E-state index contributed by atoms with van der Waals surface area (Å²) in [5.74, 6) is -0.331. The van der Waals surface area contributed by atoms with Crippen LogP contribution >= 0.6 is 39.1 Å². The van der Waals surface area contributed by atoms with Gasteiger partial charge in [0.05, 0.1) is 16.5 Å². The Morgan fingerprint density at radius 2 is 1.94 bits per heavy atom. The van der Waals surface area contributed by atoms with E-state index in [1.807, 2.05) is 20.8 Å². The predicted molar refractivity (Wildman–Crippen MR) is 73.7 cm³/mol. The van der Waals surface area contributed by atoms with Gasteiger partial charge in [0.1, 0.15) is 5.60 Å². The summed E-state index contributed by atoms with van der Waals surface area (Å²) < 4.78 is 5.98. The lowest BCUT2D eigenvalue weighted by atomic mass is 10.1. The number of carbonyl (C=O) groups is 1. The number of ether oxygens (including phenoxy) is 1. The Bertz CT molecular complexity index is 439. The molecule has 0 aliphatic rings. The largest absolute Gasteiger partial charge is 0.460 e. The van der Waals surface area contributed by atoms with Crippen LogP contribution in [0.5, 0.6) is 0 Å². The van der Waals surface area contributed by atoms with Crippen molar-refractivity contribution in [2.75, 3.05) is 0 Å². The fourth-order valence-corrected chi connectivity index (χ4v) is 2.25. The van der Waals surface area contributed by atoms with E-state index in [1.54, 1.807) is 12.1 Å². The van der Waals surface area contributed by atoms with Gasteiger partial charge in [0.25, 0.3) is 0 Å². The lowest BCUT2D eigenvalue weighted by Crippen LogP contribution is -2.25. The van der Waals surface area contributed by atoms with E-state index in [2.05, 4.69) is 15.9 Å². The lowest BCUT2D eigenvalue weighted by molar-refractivity contribution is -0.153. The zero-order valence-corrected chi connectivity index (χ0v) is 12.9. The fraction of sp³-hybridized carbons (Fsp3) is 0.417. The Kier molecular flexibility index (Phi) is 4.87. The SMILES string of the molecule is CC(C)(C)OC(=O)Cc1c(Br)ccc(Cl)c1Cl. The molecule has 0 radical (unpaired) electrons. The van der Waals surface area contributed by atoms with E-state index in [-0.39, 0.29) is 12.4 Å². The van der Waals surface area contributed by atoms with Crippen LogP contribution in [0.2, 0.25) is 10.0 Å². The van der Waals surface area contributed by atoms with Crippen molar-refractivity contribution in [3.8, 4) is 0 Å². The second-order valence-electron chi connectivity index (χ2n) is 4.58. The smallest absolute Gasteiger partial charge is 0.310 e. The van der Waals surface area contributed by atoms with E-state index in [9.17, 15) is 4.79 Å². The van der Waals surface area contributed by atoms with Crippen molar-refractivity contribution in [2.24, 2.45) is 0 Å². The molecule has 1 aromatic carbocycles. The molecule has 0 bridgehead atoms. The zero-order valence-electron chi connectivity index (χ0n) is 9.81. The fourth-order valence-electron chi connectivity index (χ4n) is 1.25. The maximum Gasteiger partial charge on any atom is 0.310 e. The first kappa shape index (κ1) is 14.8. The van der Waals surface area contributed by atoms with Gasteiger partial charge in [-0.15, -0.1) is 0 Å². The molecule has 5 heteroatoms. The summed E-state index contributed by atoms with van der Waals surface area (Å²) in [6.45, 7) is 5.46. The zero-order chi connectivity index (χ0) is 13.2. The molecule has 0 unspecified atom stereocenters. The van der Waals surface area contributed by atoms with Gasteiger partial charge >= 0.3 is 5.97 Å². The van der Waals surface area contributed by atoms with Gasteiger partial charge in [-0.3, -0.25) is 4.79 Å². The van der Waals surface area contributed by atoms with Crippen molar-refractivity contribution < 1.29 is 9.53 Å². The molecule has 0 aromatic heterocycles. The molecule has 2 nitrogen and oxygen atoms in total. The number of esters is 1. The third kappa shape index (κ3) is 4.49. The highest BCUT2D eigenvalue weighted by Gasteiger charge is 2.19. The van der Waals surface area contributed by atoms with Gasteiger partial charge in [-0.2, -0.15) is 0 Å². The van der Waals surface area contributed by atoms with Gasteiger partial charge in [-0.25, -0.2) is 0 Å². The molecule has 0 heterocycles. The molecule has 0 fully saturated rings. The Hall–Kier alpha value is -0.250. The third-order valence-corrected chi connectivity index (χ3v) is 3.47. The summed E-state index contributed by atoms with van der Waals surface area (Å²) in [5.41, 5.74) is 0.141. The summed E-state index contributed by atoms with van der Waals surface area (Å²) in [6.07, 6.45) is 0.0945. The molecular weight excluding hydrogens is 327 g/mol. The van der Waals surface area contributed by atoms with Gasteiger partial charge in [-0.05, 0) is 38.5 Å². The van der Waals surface area contributed by atoms with Crippen molar-refractivity contribution in [1.82, 2.24) is 0 Å². The first-order chi connectivity index (χ1) is 7.70. The first-order valence-electron chi connectivity index (χ1n) is 5.05. The highest BCUT2D eigenvalue weighted by molar-refractivity contribution is 9.10. The molecule has 0 saturated heterocycles. The van der Waals surface area contributed by atoms with E-state index in [0.29, 0.717) is 15.6 Å². The van der Waals surface area contributed by atoms with E-state index >= 15 is 0 Å². The van der Waals surface area contributed by atoms with Crippen LogP contribution in [0.25, 0.3) is 0 Å². The summed E-state index contributed by atoms with van der Waals surface area (Å²) in [5, 5.41) is 0.806. The van der Waals surface area contributed by atoms with Gasteiger partial charge in [0.15, 0.2) is 0 Å². The van der Waals surface area contributed by atoms with Crippen LogP contribution in [0.15, 0.2) is 16.6 Å².